The minimum absolute atomic E-state index is 0.165. The summed E-state index contributed by atoms with van der Waals surface area (Å²) in [4.78, 5) is 0. The Balaban J connectivity index is 2.33. The molecule has 0 spiro atoms. The van der Waals surface area contributed by atoms with Gasteiger partial charge in [-0.3, -0.25) is 0 Å². The Morgan fingerprint density at radius 3 is 2.57 bits per heavy atom. The number of benzene rings is 2. The zero-order chi connectivity index (χ0) is 15.4. The zero-order valence-electron chi connectivity index (χ0n) is 12.7. The number of likely N-dealkylation sites (N-methyl/N-ethyl adjacent to an activating group) is 1. The lowest BCUT2D eigenvalue weighted by atomic mass is 9.95. The van der Waals surface area contributed by atoms with Crippen molar-refractivity contribution in [3.63, 3.8) is 0 Å². The second-order valence-electron chi connectivity index (χ2n) is 5.36. The van der Waals surface area contributed by atoms with Crippen LogP contribution < -0.4 is 5.32 Å². The van der Waals surface area contributed by atoms with E-state index in [0.29, 0.717) is 0 Å². The van der Waals surface area contributed by atoms with Gasteiger partial charge in [-0.2, -0.15) is 0 Å². The average Bonchev–Trinajstić information content (AvgIpc) is 2.44. The molecule has 0 heterocycles. The highest BCUT2D eigenvalue weighted by atomic mass is 127. The third-order valence-electron chi connectivity index (χ3n) is 3.78. The predicted octanol–water partition coefficient (Wildman–Crippen LogP) is 4.94. The Morgan fingerprint density at radius 1 is 1.14 bits per heavy atom. The third-order valence-corrected chi connectivity index (χ3v) is 5.25. The van der Waals surface area contributed by atoms with Crippen LogP contribution in [-0.2, 0) is 6.42 Å². The van der Waals surface area contributed by atoms with Gasteiger partial charge in [-0.05, 0) is 83.8 Å². The summed E-state index contributed by atoms with van der Waals surface area (Å²) in [5.74, 6) is -0.165. The van der Waals surface area contributed by atoms with Crippen LogP contribution in [0.25, 0.3) is 0 Å². The van der Waals surface area contributed by atoms with Crippen molar-refractivity contribution in [3.8, 4) is 0 Å². The van der Waals surface area contributed by atoms with Crippen molar-refractivity contribution in [1.29, 1.82) is 0 Å². The molecule has 3 heteroatoms. The Bertz CT molecular complexity index is 625. The molecule has 0 amide bonds. The molecular formula is C18H21FIN. The average molecular weight is 397 g/mol. The maximum absolute atomic E-state index is 13.3. The van der Waals surface area contributed by atoms with Gasteiger partial charge in [-0.15, -0.1) is 0 Å². The van der Waals surface area contributed by atoms with Crippen molar-refractivity contribution < 1.29 is 4.39 Å². The fraction of sp³-hybridized carbons (Fsp3) is 0.333. The van der Waals surface area contributed by atoms with Crippen LogP contribution in [0.15, 0.2) is 36.4 Å². The van der Waals surface area contributed by atoms with Gasteiger partial charge in [-0.1, -0.05) is 31.2 Å². The molecule has 0 aromatic heterocycles. The maximum atomic E-state index is 13.3. The second-order valence-corrected chi connectivity index (χ2v) is 6.44. The first-order valence-electron chi connectivity index (χ1n) is 7.26. The van der Waals surface area contributed by atoms with Crippen molar-refractivity contribution in [2.45, 2.75) is 33.2 Å². The Hall–Kier alpha value is -0.940. The standard InChI is InChI=1S/C18H21FIN/c1-4-21-17(16-7-5-6-12(2)18(16)20)11-14-8-9-15(19)10-13(14)3/h5-10,17,21H,4,11H2,1-3H3. The van der Waals surface area contributed by atoms with Gasteiger partial charge < -0.3 is 5.32 Å². The predicted molar refractivity (Wildman–Crippen MR) is 95.2 cm³/mol. The summed E-state index contributed by atoms with van der Waals surface area (Å²) in [6.45, 7) is 7.14. The highest BCUT2D eigenvalue weighted by Crippen LogP contribution is 2.27. The van der Waals surface area contributed by atoms with Gasteiger partial charge in [0.1, 0.15) is 5.82 Å². The normalized spacial score (nSPS) is 12.4. The monoisotopic (exact) mass is 397 g/mol. The van der Waals surface area contributed by atoms with Crippen molar-refractivity contribution >= 4 is 22.6 Å². The van der Waals surface area contributed by atoms with E-state index in [1.54, 1.807) is 12.1 Å². The van der Waals surface area contributed by atoms with Gasteiger partial charge >= 0.3 is 0 Å². The number of nitrogens with one attached hydrogen (secondary N) is 1. The van der Waals surface area contributed by atoms with Crippen molar-refractivity contribution in [3.05, 3.63) is 68.0 Å². The SMILES string of the molecule is CCNC(Cc1ccc(F)cc1C)c1cccc(C)c1I. The van der Waals surface area contributed by atoms with E-state index in [0.717, 1.165) is 18.5 Å². The maximum Gasteiger partial charge on any atom is 0.123 e. The molecule has 0 bridgehead atoms. The summed E-state index contributed by atoms with van der Waals surface area (Å²) >= 11 is 2.42. The minimum atomic E-state index is -0.165. The van der Waals surface area contributed by atoms with E-state index in [-0.39, 0.29) is 11.9 Å². The summed E-state index contributed by atoms with van der Waals surface area (Å²) in [6.07, 6.45) is 0.874. The van der Waals surface area contributed by atoms with Gasteiger partial charge in [-0.25, -0.2) is 4.39 Å². The quantitative estimate of drug-likeness (QED) is 0.705. The summed E-state index contributed by atoms with van der Waals surface area (Å²) in [5.41, 5.74) is 4.83. The molecule has 0 saturated carbocycles. The number of hydrogen-bond donors (Lipinski definition) is 1. The Morgan fingerprint density at radius 2 is 1.90 bits per heavy atom. The van der Waals surface area contributed by atoms with Crippen LogP contribution in [0, 0.1) is 23.2 Å². The van der Waals surface area contributed by atoms with Gasteiger partial charge in [0.2, 0.25) is 0 Å². The molecular weight excluding hydrogens is 376 g/mol. The lowest BCUT2D eigenvalue weighted by Crippen LogP contribution is -2.24. The summed E-state index contributed by atoms with van der Waals surface area (Å²) < 4.78 is 14.6. The molecule has 0 aliphatic rings. The number of halogens is 2. The first-order valence-corrected chi connectivity index (χ1v) is 8.34. The van der Waals surface area contributed by atoms with Gasteiger partial charge in [0, 0.05) is 9.61 Å². The van der Waals surface area contributed by atoms with E-state index in [9.17, 15) is 4.39 Å². The van der Waals surface area contributed by atoms with Gasteiger partial charge in [0.25, 0.3) is 0 Å². The number of rotatable bonds is 5. The minimum Gasteiger partial charge on any atom is -0.310 e. The second kappa shape index (κ2) is 7.36. The molecule has 2 aromatic rings. The fourth-order valence-electron chi connectivity index (χ4n) is 2.59. The molecule has 112 valence electrons. The Labute approximate surface area is 140 Å². The van der Waals surface area contributed by atoms with E-state index < -0.39 is 0 Å². The summed E-state index contributed by atoms with van der Waals surface area (Å²) in [6, 6.07) is 11.7. The molecule has 0 aliphatic heterocycles. The Kier molecular flexibility index (Phi) is 5.76. The van der Waals surface area contributed by atoms with E-state index in [2.05, 4.69) is 60.0 Å². The van der Waals surface area contributed by atoms with Crippen molar-refractivity contribution in [2.75, 3.05) is 6.54 Å². The van der Waals surface area contributed by atoms with Crippen LogP contribution in [0.3, 0.4) is 0 Å². The molecule has 0 fully saturated rings. The van der Waals surface area contributed by atoms with Crippen LogP contribution in [0.1, 0.15) is 35.2 Å². The van der Waals surface area contributed by atoms with Crippen LogP contribution >= 0.6 is 22.6 Å². The van der Waals surface area contributed by atoms with Crippen LogP contribution in [0.4, 0.5) is 4.39 Å². The lowest BCUT2D eigenvalue weighted by Gasteiger charge is -2.22. The molecule has 1 atom stereocenters. The first kappa shape index (κ1) is 16.4. The molecule has 1 N–H and O–H groups in total. The zero-order valence-corrected chi connectivity index (χ0v) is 14.9. The van der Waals surface area contributed by atoms with E-state index in [1.807, 2.05) is 13.0 Å². The van der Waals surface area contributed by atoms with Crippen LogP contribution in [-0.4, -0.2) is 6.54 Å². The molecule has 2 rings (SSSR count). The van der Waals surface area contributed by atoms with Gasteiger partial charge in [0.05, 0.1) is 0 Å². The highest BCUT2D eigenvalue weighted by molar-refractivity contribution is 14.1. The van der Waals surface area contributed by atoms with Crippen molar-refractivity contribution in [2.24, 2.45) is 0 Å². The fourth-order valence-corrected chi connectivity index (χ4v) is 3.32. The number of aryl methyl sites for hydroxylation is 2. The molecule has 0 radical (unpaired) electrons. The summed E-state index contributed by atoms with van der Waals surface area (Å²) in [7, 11) is 0. The van der Waals surface area contributed by atoms with E-state index in [4.69, 9.17) is 0 Å². The van der Waals surface area contributed by atoms with E-state index >= 15 is 0 Å². The summed E-state index contributed by atoms with van der Waals surface area (Å²) in [5, 5.41) is 3.56. The molecule has 2 aromatic carbocycles. The van der Waals surface area contributed by atoms with Gasteiger partial charge in [0.15, 0.2) is 0 Å². The third kappa shape index (κ3) is 4.04. The molecule has 0 saturated heterocycles. The lowest BCUT2D eigenvalue weighted by molar-refractivity contribution is 0.545. The molecule has 1 unspecified atom stereocenters. The molecule has 0 aliphatic carbocycles. The van der Waals surface area contributed by atoms with Crippen LogP contribution in [0.2, 0.25) is 0 Å². The number of hydrogen-bond acceptors (Lipinski definition) is 1. The topological polar surface area (TPSA) is 12.0 Å². The highest BCUT2D eigenvalue weighted by Gasteiger charge is 2.16. The smallest absolute Gasteiger partial charge is 0.123 e. The van der Waals surface area contributed by atoms with Crippen molar-refractivity contribution in [1.82, 2.24) is 5.32 Å². The first-order chi connectivity index (χ1) is 10.0. The largest absolute Gasteiger partial charge is 0.310 e. The van der Waals surface area contributed by atoms with E-state index in [1.165, 1.54) is 20.3 Å². The van der Waals surface area contributed by atoms with Crippen LogP contribution in [0.5, 0.6) is 0 Å². The molecule has 21 heavy (non-hydrogen) atoms. The molecule has 1 nitrogen and oxygen atoms in total.